The van der Waals surface area contributed by atoms with Crippen molar-refractivity contribution in [2.45, 2.75) is 11.8 Å². The van der Waals surface area contributed by atoms with Gasteiger partial charge in [-0.15, -0.1) is 0 Å². The summed E-state index contributed by atoms with van der Waals surface area (Å²) in [4.78, 5) is 8.59. The van der Waals surface area contributed by atoms with Crippen molar-refractivity contribution in [3.8, 4) is 0 Å². The second-order valence-electron chi connectivity index (χ2n) is 6.81. The molecular formula is C20H15ClN6O2S. The predicted molar refractivity (Wildman–Crippen MR) is 116 cm³/mol. The molecule has 0 spiro atoms. The van der Waals surface area contributed by atoms with E-state index in [0.29, 0.717) is 11.2 Å². The molecular weight excluding hydrogens is 424 g/mol. The van der Waals surface area contributed by atoms with Crippen LogP contribution in [0.3, 0.4) is 0 Å². The molecule has 0 aliphatic heterocycles. The summed E-state index contributed by atoms with van der Waals surface area (Å²) in [7, 11) is -3.84. The van der Waals surface area contributed by atoms with Crippen LogP contribution >= 0.6 is 11.6 Å². The number of hydrogen-bond acceptors (Lipinski definition) is 6. The molecule has 2 aromatic carbocycles. The summed E-state index contributed by atoms with van der Waals surface area (Å²) < 4.78 is 27.4. The van der Waals surface area contributed by atoms with Crippen molar-refractivity contribution in [1.82, 2.24) is 24.1 Å². The van der Waals surface area contributed by atoms with Gasteiger partial charge in [0.15, 0.2) is 5.65 Å². The van der Waals surface area contributed by atoms with Gasteiger partial charge >= 0.3 is 0 Å². The molecule has 0 aliphatic carbocycles. The molecule has 30 heavy (non-hydrogen) atoms. The molecule has 0 saturated carbocycles. The number of halogens is 1. The van der Waals surface area contributed by atoms with Crippen molar-refractivity contribution >= 4 is 55.1 Å². The van der Waals surface area contributed by atoms with Crippen LogP contribution in [-0.4, -0.2) is 32.6 Å². The van der Waals surface area contributed by atoms with Gasteiger partial charge in [-0.1, -0.05) is 17.7 Å². The van der Waals surface area contributed by atoms with Crippen molar-refractivity contribution < 1.29 is 8.42 Å². The quantitative estimate of drug-likeness (QED) is 0.406. The monoisotopic (exact) mass is 438 g/mol. The summed E-state index contributed by atoms with van der Waals surface area (Å²) in [6, 6.07) is 13.9. The lowest BCUT2D eigenvalue weighted by Crippen LogP contribution is -2.12. The van der Waals surface area contributed by atoms with Crippen molar-refractivity contribution in [3.63, 3.8) is 0 Å². The molecule has 0 saturated heterocycles. The molecule has 3 heterocycles. The van der Waals surface area contributed by atoms with Gasteiger partial charge in [-0.05, 0) is 54.9 Å². The Morgan fingerprint density at radius 3 is 2.67 bits per heavy atom. The minimum absolute atomic E-state index is 0.0616. The molecule has 0 bridgehead atoms. The van der Waals surface area contributed by atoms with Gasteiger partial charge in [0.1, 0.15) is 5.82 Å². The Labute approximate surface area is 176 Å². The van der Waals surface area contributed by atoms with E-state index in [-0.39, 0.29) is 15.8 Å². The smallest absolute Gasteiger partial charge is 0.269 e. The Morgan fingerprint density at radius 2 is 1.87 bits per heavy atom. The lowest BCUT2D eigenvalue weighted by Gasteiger charge is -2.10. The van der Waals surface area contributed by atoms with Gasteiger partial charge in [0.25, 0.3) is 10.0 Å². The third-order valence-corrected chi connectivity index (χ3v) is 6.61. The third kappa shape index (κ3) is 3.08. The van der Waals surface area contributed by atoms with Crippen LogP contribution in [0.4, 0.5) is 11.5 Å². The van der Waals surface area contributed by atoms with Gasteiger partial charge < -0.3 is 5.32 Å². The largest absolute Gasteiger partial charge is 0.339 e. The maximum Gasteiger partial charge on any atom is 0.269 e. The summed E-state index contributed by atoms with van der Waals surface area (Å²) in [5, 5.41) is 11.5. The van der Waals surface area contributed by atoms with Crippen molar-refractivity contribution in [3.05, 3.63) is 71.8 Å². The van der Waals surface area contributed by atoms with Crippen molar-refractivity contribution in [2.75, 3.05) is 5.32 Å². The number of benzene rings is 2. The number of H-pyrrole nitrogens is 1. The second-order valence-corrected chi connectivity index (χ2v) is 8.96. The minimum Gasteiger partial charge on any atom is -0.339 e. The van der Waals surface area contributed by atoms with Crippen LogP contribution in [0.1, 0.15) is 5.56 Å². The number of aryl methyl sites for hydroxylation is 1. The molecule has 10 heteroatoms. The van der Waals surface area contributed by atoms with E-state index in [9.17, 15) is 8.42 Å². The Balaban J connectivity index is 1.61. The number of aromatic amines is 1. The van der Waals surface area contributed by atoms with Crippen LogP contribution in [0.15, 0.2) is 65.8 Å². The van der Waals surface area contributed by atoms with Crippen LogP contribution in [0.25, 0.3) is 21.9 Å². The molecule has 0 amide bonds. The van der Waals surface area contributed by atoms with Crippen LogP contribution in [-0.2, 0) is 10.0 Å². The van der Waals surface area contributed by atoms with Crippen LogP contribution < -0.4 is 5.32 Å². The van der Waals surface area contributed by atoms with Gasteiger partial charge in [-0.3, -0.25) is 5.10 Å². The highest BCUT2D eigenvalue weighted by molar-refractivity contribution is 7.90. The highest BCUT2D eigenvalue weighted by Crippen LogP contribution is 2.29. The average Bonchev–Trinajstić information content (AvgIpc) is 3.35. The van der Waals surface area contributed by atoms with E-state index in [1.165, 1.54) is 6.20 Å². The van der Waals surface area contributed by atoms with Crippen LogP contribution in [0.2, 0.25) is 5.28 Å². The highest BCUT2D eigenvalue weighted by atomic mass is 35.5. The average molecular weight is 439 g/mol. The molecule has 2 N–H and O–H groups in total. The van der Waals surface area contributed by atoms with Gasteiger partial charge in [0.05, 0.1) is 22.0 Å². The SMILES string of the molecule is Cc1ccc(S(=O)(=O)n2ccc3c(Nc4ccc5[nH]ncc5c4)nc(Cl)nc32)cc1. The lowest BCUT2D eigenvalue weighted by molar-refractivity contribution is 0.588. The fourth-order valence-corrected chi connectivity index (χ4v) is 4.70. The molecule has 5 rings (SSSR count). The minimum atomic E-state index is -3.84. The van der Waals surface area contributed by atoms with Gasteiger partial charge in [0, 0.05) is 17.3 Å². The molecule has 3 aromatic heterocycles. The maximum atomic E-state index is 13.1. The lowest BCUT2D eigenvalue weighted by atomic mass is 10.2. The topological polar surface area (TPSA) is 106 Å². The van der Waals surface area contributed by atoms with Crippen LogP contribution in [0, 0.1) is 6.92 Å². The first-order valence-corrected chi connectivity index (χ1v) is 10.8. The number of nitrogens with zero attached hydrogens (tertiary/aromatic N) is 4. The van der Waals surface area contributed by atoms with Crippen LogP contribution in [0.5, 0.6) is 0 Å². The summed E-state index contributed by atoms with van der Waals surface area (Å²) in [5.41, 5.74) is 2.83. The fourth-order valence-electron chi connectivity index (χ4n) is 3.24. The summed E-state index contributed by atoms with van der Waals surface area (Å²) >= 11 is 6.13. The summed E-state index contributed by atoms with van der Waals surface area (Å²) in [5.74, 6) is 0.408. The van der Waals surface area contributed by atoms with E-state index in [1.807, 2.05) is 25.1 Å². The van der Waals surface area contributed by atoms with E-state index in [2.05, 4.69) is 25.5 Å². The zero-order valence-corrected chi connectivity index (χ0v) is 17.2. The zero-order chi connectivity index (χ0) is 20.9. The molecule has 0 aliphatic rings. The number of aromatic nitrogens is 5. The standard InChI is InChI=1S/C20H15ClN6O2S/c1-12-2-5-15(6-3-12)30(28,29)27-9-8-16-18(24-20(21)25-19(16)27)23-14-4-7-17-13(10-14)11-22-26-17/h2-11H,1H3,(H,22,26)(H,23,24,25). The molecule has 150 valence electrons. The van der Waals surface area contributed by atoms with E-state index < -0.39 is 10.0 Å². The van der Waals surface area contributed by atoms with Gasteiger partial charge in [0.2, 0.25) is 5.28 Å². The Bertz CT molecular complexity index is 1510. The number of fused-ring (bicyclic) bond motifs is 2. The van der Waals surface area contributed by atoms with Crippen molar-refractivity contribution in [2.24, 2.45) is 0 Å². The summed E-state index contributed by atoms with van der Waals surface area (Å²) in [6.45, 7) is 1.90. The second kappa shape index (κ2) is 6.82. The Hall–Kier alpha value is -3.43. The Morgan fingerprint density at radius 1 is 1.07 bits per heavy atom. The third-order valence-electron chi connectivity index (χ3n) is 4.76. The molecule has 0 radical (unpaired) electrons. The highest BCUT2D eigenvalue weighted by Gasteiger charge is 2.22. The predicted octanol–water partition coefficient (Wildman–Crippen LogP) is 4.25. The molecule has 5 aromatic rings. The van der Waals surface area contributed by atoms with E-state index >= 15 is 0 Å². The Kier molecular flexibility index (Phi) is 4.23. The first-order chi connectivity index (χ1) is 14.4. The first kappa shape index (κ1) is 18.6. The van der Waals surface area contributed by atoms with Gasteiger partial charge in [-0.25, -0.2) is 12.4 Å². The molecule has 0 fully saturated rings. The van der Waals surface area contributed by atoms with E-state index in [1.54, 1.807) is 36.5 Å². The molecule has 8 nitrogen and oxygen atoms in total. The number of hydrogen-bond donors (Lipinski definition) is 2. The van der Waals surface area contributed by atoms with E-state index in [4.69, 9.17) is 11.6 Å². The summed E-state index contributed by atoms with van der Waals surface area (Å²) in [6.07, 6.45) is 3.17. The molecule has 0 unspecified atom stereocenters. The normalized spacial score (nSPS) is 11.9. The number of rotatable bonds is 4. The first-order valence-electron chi connectivity index (χ1n) is 8.99. The zero-order valence-electron chi connectivity index (χ0n) is 15.7. The fraction of sp³-hybridized carbons (Fsp3) is 0.0500. The molecule has 0 atom stereocenters. The maximum absolute atomic E-state index is 13.1. The number of anilines is 2. The van der Waals surface area contributed by atoms with E-state index in [0.717, 1.165) is 26.1 Å². The number of nitrogens with one attached hydrogen (secondary N) is 2. The van der Waals surface area contributed by atoms with Crippen molar-refractivity contribution in [1.29, 1.82) is 0 Å². The van der Waals surface area contributed by atoms with Gasteiger partial charge in [-0.2, -0.15) is 15.1 Å².